The average molecular weight is 387 g/mol. The standard InChI is InChI=1S/C19H15ClN2O3S/c1-12(26-16-8-6-13-4-2-3-5-14(13)10-16)19(23)21-18-9-7-15(22(24)25)11-17(18)20/h2-12H,1H3,(H,21,23). The summed E-state index contributed by atoms with van der Waals surface area (Å²) >= 11 is 7.46. The molecule has 3 rings (SSSR count). The molecule has 1 unspecified atom stereocenters. The number of halogens is 1. The maximum Gasteiger partial charge on any atom is 0.271 e. The fourth-order valence-electron chi connectivity index (χ4n) is 2.45. The van der Waals surface area contributed by atoms with Crippen LogP contribution in [-0.2, 0) is 4.79 Å². The summed E-state index contributed by atoms with van der Waals surface area (Å²) in [6.45, 7) is 1.80. The number of fused-ring (bicyclic) bond motifs is 1. The Kier molecular flexibility index (Phi) is 5.44. The summed E-state index contributed by atoms with van der Waals surface area (Å²) in [6.07, 6.45) is 0. The van der Waals surface area contributed by atoms with Gasteiger partial charge < -0.3 is 5.32 Å². The highest BCUT2D eigenvalue weighted by Crippen LogP contribution is 2.30. The third-order valence-corrected chi connectivity index (χ3v) is 5.23. The number of benzene rings is 3. The van der Waals surface area contributed by atoms with Gasteiger partial charge in [-0.15, -0.1) is 11.8 Å². The van der Waals surface area contributed by atoms with E-state index in [0.29, 0.717) is 5.69 Å². The third kappa shape index (κ3) is 4.15. The van der Waals surface area contributed by atoms with Crippen molar-refractivity contribution in [2.45, 2.75) is 17.1 Å². The van der Waals surface area contributed by atoms with Crippen LogP contribution in [0.2, 0.25) is 5.02 Å². The minimum Gasteiger partial charge on any atom is -0.324 e. The van der Waals surface area contributed by atoms with Crippen molar-refractivity contribution in [2.24, 2.45) is 0 Å². The number of amides is 1. The first-order valence-corrected chi connectivity index (χ1v) is 9.10. The molecule has 7 heteroatoms. The van der Waals surface area contributed by atoms with Gasteiger partial charge >= 0.3 is 0 Å². The predicted molar refractivity (Wildman–Crippen MR) is 106 cm³/mol. The quantitative estimate of drug-likeness (QED) is 0.356. The minimum absolute atomic E-state index is 0.119. The number of nitrogens with one attached hydrogen (secondary N) is 1. The molecule has 0 aliphatic heterocycles. The van der Waals surface area contributed by atoms with Gasteiger partial charge in [0.05, 0.1) is 20.9 Å². The molecule has 0 aliphatic rings. The highest BCUT2D eigenvalue weighted by atomic mass is 35.5. The summed E-state index contributed by atoms with van der Waals surface area (Å²) in [7, 11) is 0. The lowest BCUT2D eigenvalue weighted by Gasteiger charge is -2.13. The van der Waals surface area contributed by atoms with Gasteiger partial charge in [-0.25, -0.2) is 0 Å². The molecule has 1 amide bonds. The molecule has 26 heavy (non-hydrogen) atoms. The van der Waals surface area contributed by atoms with Crippen molar-refractivity contribution in [1.29, 1.82) is 0 Å². The van der Waals surface area contributed by atoms with E-state index in [4.69, 9.17) is 11.6 Å². The van der Waals surface area contributed by atoms with Gasteiger partial charge in [0.1, 0.15) is 0 Å². The summed E-state index contributed by atoms with van der Waals surface area (Å²) in [6, 6.07) is 18.0. The maximum atomic E-state index is 12.4. The molecule has 0 aromatic heterocycles. The first-order valence-electron chi connectivity index (χ1n) is 7.84. The van der Waals surface area contributed by atoms with Crippen LogP contribution in [0.1, 0.15) is 6.92 Å². The maximum absolute atomic E-state index is 12.4. The van der Waals surface area contributed by atoms with Crippen LogP contribution in [0.3, 0.4) is 0 Å². The molecule has 0 spiro atoms. The highest BCUT2D eigenvalue weighted by molar-refractivity contribution is 8.00. The number of hydrogen-bond donors (Lipinski definition) is 1. The second-order valence-electron chi connectivity index (χ2n) is 5.68. The van der Waals surface area contributed by atoms with Crippen molar-refractivity contribution in [3.8, 4) is 0 Å². The molecule has 0 radical (unpaired) electrons. The Balaban J connectivity index is 1.70. The van der Waals surface area contributed by atoms with E-state index in [1.807, 2.05) is 42.5 Å². The first-order chi connectivity index (χ1) is 12.4. The number of hydrogen-bond acceptors (Lipinski definition) is 4. The lowest BCUT2D eigenvalue weighted by atomic mass is 10.1. The van der Waals surface area contributed by atoms with Gasteiger partial charge in [0.15, 0.2) is 0 Å². The molecule has 0 aliphatic carbocycles. The van der Waals surface area contributed by atoms with Crippen LogP contribution in [0.25, 0.3) is 10.8 Å². The summed E-state index contributed by atoms with van der Waals surface area (Å²) in [5.41, 5.74) is 0.236. The normalized spacial score (nSPS) is 11.9. The van der Waals surface area contributed by atoms with E-state index in [0.717, 1.165) is 15.7 Å². The summed E-state index contributed by atoms with van der Waals surface area (Å²) in [4.78, 5) is 23.6. The number of rotatable bonds is 5. The predicted octanol–water partition coefficient (Wildman–Crippen LogP) is 5.52. The number of non-ortho nitro benzene ring substituents is 1. The molecule has 0 saturated heterocycles. The van der Waals surface area contributed by atoms with Crippen molar-refractivity contribution in [1.82, 2.24) is 0 Å². The van der Waals surface area contributed by atoms with Gasteiger partial charge in [-0.3, -0.25) is 14.9 Å². The Morgan fingerprint density at radius 2 is 1.85 bits per heavy atom. The fraction of sp³-hybridized carbons (Fsp3) is 0.105. The van der Waals surface area contributed by atoms with Gasteiger partial charge in [0.2, 0.25) is 5.91 Å². The van der Waals surface area contributed by atoms with Crippen LogP contribution >= 0.6 is 23.4 Å². The number of nitro benzene ring substituents is 1. The van der Waals surface area contributed by atoms with Gasteiger partial charge in [-0.1, -0.05) is 41.9 Å². The van der Waals surface area contributed by atoms with E-state index in [-0.39, 0.29) is 21.9 Å². The van der Waals surface area contributed by atoms with Crippen LogP contribution in [0.5, 0.6) is 0 Å². The van der Waals surface area contributed by atoms with Gasteiger partial charge in [0.25, 0.3) is 5.69 Å². The summed E-state index contributed by atoms with van der Waals surface area (Å²) in [5.74, 6) is -0.223. The molecule has 3 aromatic rings. The number of carbonyl (C=O) groups excluding carboxylic acids is 1. The largest absolute Gasteiger partial charge is 0.324 e. The average Bonchev–Trinajstić information content (AvgIpc) is 2.63. The first kappa shape index (κ1) is 18.2. The molecular weight excluding hydrogens is 372 g/mol. The van der Waals surface area contributed by atoms with Crippen molar-refractivity contribution in [3.05, 3.63) is 75.8 Å². The Morgan fingerprint density at radius 3 is 2.54 bits per heavy atom. The molecule has 1 N–H and O–H groups in total. The molecule has 0 heterocycles. The van der Waals surface area contributed by atoms with Crippen molar-refractivity contribution in [3.63, 3.8) is 0 Å². The topological polar surface area (TPSA) is 72.2 Å². The van der Waals surface area contributed by atoms with Crippen LogP contribution in [0.4, 0.5) is 11.4 Å². The van der Waals surface area contributed by atoms with E-state index in [2.05, 4.69) is 5.32 Å². The number of anilines is 1. The molecule has 0 bridgehead atoms. The smallest absolute Gasteiger partial charge is 0.271 e. The lowest BCUT2D eigenvalue weighted by molar-refractivity contribution is -0.384. The minimum atomic E-state index is -0.532. The van der Waals surface area contributed by atoms with Crippen LogP contribution in [-0.4, -0.2) is 16.1 Å². The number of nitrogens with zero attached hydrogens (tertiary/aromatic N) is 1. The van der Waals surface area contributed by atoms with E-state index < -0.39 is 4.92 Å². The summed E-state index contributed by atoms with van der Waals surface area (Å²) < 4.78 is 0. The van der Waals surface area contributed by atoms with E-state index in [9.17, 15) is 14.9 Å². The van der Waals surface area contributed by atoms with Crippen molar-refractivity contribution >= 4 is 51.4 Å². The zero-order valence-corrected chi connectivity index (χ0v) is 15.4. The SMILES string of the molecule is CC(Sc1ccc2ccccc2c1)C(=O)Nc1ccc([N+](=O)[O-])cc1Cl. The Labute approximate surface area is 159 Å². The van der Waals surface area contributed by atoms with Crippen LogP contribution < -0.4 is 5.32 Å². The number of carbonyl (C=O) groups is 1. The number of thioether (sulfide) groups is 1. The van der Waals surface area contributed by atoms with Gasteiger partial charge in [-0.2, -0.15) is 0 Å². The Hall–Kier alpha value is -2.57. The van der Waals surface area contributed by atoms with Crippen LogP contribution in [0.15, 0.2) is 65.6 Å². The van der Waals surface area contributed by atoms with E-state index >= 15 is 0 Å². The zero-order chi connectivity index (χ0) is 18.7. The van der Waals surface area contributed by atoms with Crippen molar-refractivity contribution < 1.29 is 9.72 Å². The molecular formula is C19H15ClN2O3S. The van der Waals surface area contributed by atoms with E-state index in [1.54, 1.807) is 6.92 Å². The zero-order valence-electron chi connectivity index (χ0n) is 13.8. The molecule has 132 valence electrons. The monoisotopic (exact) mass is 386 g/mol. The molecule has 5 nitrogen and oxygen atoms in total. The van der Waals surface area contributed by atoms with Crippen molar-refractivity contribution in [2.75, 3.05) is 5.32 Å². The second kappa shape index (κ2) is 7.76. The van der Waals surface area contributed by atoms with Gasteiger partial charge in [0, 0.05) is 17.0 Å². The highest BCUT2D eigenvalue weighted by Gasteiger charge is 2.17. The number of nitro groups is 1. The van der Waals surface area contributed by atoms with Gasteiger partial charge in [-0.05, 0) is 35.9 Å². The molecule has 0 saturated carbocycles. The lowest BCUT2D eigenvalue weighted by Crippen LogP contribution is -2.22. The molecule has 1 atom stereocenters. The molecule has 0 fully saturated rings. The third-order valence-electron chi connectivity index (χ3n) is 3.82. The fourth-order valence-corrected chi connectivity index (χ4v) is 3.59. The Morgan fingerprint density at radius 1 is 1.12 bits per heavy atom. The van der Waals surface area contributed by atoms with E-state index in [1.165, 1.54) is 30.0 Å². The second-order valence-corrected chi connectivity index (χ2v) is 7.50. The van der Waals surface area contributed by atoms with Crippen LogP contribution in [0, 0.1) is 10.1 Å². The Bertz CT molecular complexity index is 993. The summed E-state index contributed by atoms with van der Waals surface area (Å²) in [5, 5.41) is 15.5. The molecule has 3 aromatic carbocycles.